The number of rotatable bonds is 2. The topological polar surface area (TPSA) is 29.5 Å². The van der Waals surface area contributed by atoms with Gasteiger partial charge in [-0.1, -0.05) is 0 Å². The lowest BCUT2D eigenvalue weighted by molar-refractivity contribution is -0.124. The molecule has 0 atom stereocenters. The van der Waals surface area contributed by atoms with Crippen LogP contribution >= 0.6 is 0 Å². The summed E-state index contributed by atoms with van der Waals surface area (Å²) in [4.78, 5) is 12.9. The molecule has 0 fully saturated rings. The second-order valence-corrected chi connectivity index (χ2v) is 3.38. The van der Waals surface area contributed by atoms with Crippen molar-refractivity contribution in [2.45, 2.75) is 26.9 Å². The third-order valence-electron chi connectivity index (χ3n) is 1.84. The van der Waals surface area contributed by atoms with E-state index in [0.29, 0.717) is 6.54 Å². The highest BCUT2D eigenvalue weighted by atomic mass is 16.5. The minimum atomic E-state index is 0.0747. The monoisotopic (exact) mass is 169 g/mol. The molecule has 3 heteroatoms. The minimum Gasteiger partial charge on any atom is -0.493 e. The molecule has 0 aromatic heterocycles. The quantitative estimate of drug-likeness (QED) is 0.620. The molecule has 1 aliphatic rings. The van der Waals surface area contributed by atoms with E-state index in [9.17, 15) is 4.79 Å². The summed E-state index contributed by atoms with van der Waals surface area (Å²) in [6.45, 7) is 6.35. The van der Waals surface area contributed by atoms with E-state index in [2.05, 4.69) is 0 Å². The van der Waals surface area contributed by atoms with Crippen molar-refractivity contribution in [1.82, 2.24) is 4.90 Å². The summed E-state index contributed by atoms with van der Waals surface area (Å²) < 4.78 is 5.48. The molecule has 0 saturated heterocycles. The number of hydrogen-bond donors (Lipinski definition) is 0. The molecule has 1 amide bonds. The van der Waals surface area contributed by atoms with Gasteiger partial charge < -0.3 is 9.64 Å². The predicted molar refractivity (Wildman–Crippen MR) is 46.6 cm³/mol. The van der Waals surface area contributed by atoms with E-state index >= 15 is 0 Å². The maximum Gasteiger partial charge on any atom is 0.253 e. The molecule has 0 bridgehead atoms. The molecule has 0 aromatic rings. The Morgan fingerprint density at radius 2 is 2.08 bits per heavy atom. The number of hydrogen-bond acceptors (Lipinski definition) is 2. The maximum absolute atomic E-state index is 11.3. The first-order chi connectivity index (χ1) is 5.52. The lowest BCUT2D eigenvalue weighted by Gasteiger charge is -2.12. The average Bonchev–Trinajstić information content (AvgIpc) is 2.17. The fourth-order valence-electron chi connectivity index (χ4n) is 1.22. The average molecular weight is 169 g/mol. The van der Waals surface area contributed by atoms with E-state index in [1.54, 1.807) is 11.9 Å². The molecular weight excluding hydrogens is 154 g/mol. The third kappa shape index (κ3) is 1.60. The van der Waals surface area contributed by atoms with Crippen LogP contribution in [0.3, 0.4) is 0 Å². The molecule has 0 N–H and O–H groups in total. The van der Waals surface area contributed by atoms with Gasteiger partial charge in [0, 0.05) is 7.05 Å². The van der Waals surface area contributed by atoms with Crippen molar-refractivity contribution in [3.05, 3.63) is 11.3 Å². The first kappa shape index (κ1) is 9.10. The van der Waals surface area contributed by atoms with Crippen molar-refractivity contribution in [2.75, 3.05) is 13.6 Å². The van der Waals surface area contributed by atoms with Crippen molar-refractivity contribution < 1.29 is 9.53 Å². The normalized spacial score (nSPS) is 18.1. The molecule has 1 aliphatic heterocycles. The highest BCUT2D eigenvalue weighted by Gasteiger charge is 2.25. The van der Waals surface area contributed by atoms with Gasteiger partial charge in [0.15, 0.2) is 0 Å². The summed E-state index contributed by atoms with van der Waals surface area (Å²) in [5.74, 6) is 0.892. The van der Waals surface area contributed by atoms with E-state index in [4.69, 9.17) is 4.74 Å². The molecule has 3 nitrogen and oxygen atoms in total. The Hall–Kier alpha value is -0.990. The highest BCUT2D eigenvalue weighted by molar-refractivity contribution is 5.95. The van der Waals surface area contributed by atoms with Crippen LogP contribution < -0.4 is 0 Å². The van der Waals surface area contributed by atoms with Crippen LogP contribution in [0.25, 0.3) is 0 Å². The second kappa shape index (κ2) is 3.17. The Morgan fingerprint density at radius 3 is 2.42 bits per heavy atom. The Morgan fingerprint density at radius 1 is 1.50 bits per heavy atom. The maximum atomic E-state index is 11.3. The van der Waals surface area contributed by atoms with Crippen LogP contribution in [0.2, 0.25) is 0 Å². The largest absolute Gasteiger partial charge is 0.493 e. The molecule has 12 heavy (non-hydrogen) atoms. The first-order valence-corrected chi connectivity index (χ1v) is 4.14. The number of carbonyl (C=O) groups is 1. The first-order valence-electron chi connectivity index (χ1n) is 4.14. The van der Waals surface area contributed by atoms with Gasteiger partial charge in [-0.05, 0) is 20.8 Å². The van der Waals surface area contributed by atoms with Crippen LogP contribution in [-0.4, -0.2) is 30.5 Å². The molecule has 0 aromatic carbocycles. The Kier molecular flexibility index (Phi) is 2.40. The summed E-state index contributed by atoms with van der Waals surface area (Å²) in [6, 6.07) is 0. The van der Waals surface area contributed by atoms with Crippen LogP contribution in [0.1, 0.15) is 20.8 Å². The zero-order valence-electron chi connectivity index (χ0n) is 8.05. The van der Waals surface area contributed by atoms with E-state index in [-0.39, 0.29) is 12.0 Å². The molecule has 1 heterocycles. The standard InChI is InChI=1S/C9H15NO2/c1-6(2)12-8-5-10(4)9(11)7(8)3/h6H,5H2,1-4H3. The zero-order chi connectivity index (χ0) is 9.30. The predicted octanol–water partition coefficient (Wildman–Crippen LogP) is 1.16. The van der Waals surface area contributed by atoms with E-state index < -0.39 is 0 Å². The van der Waals surface area contributed by atoms with Crippen molar-refractivity contribution in [2.24, 2.45) is 0 Å². The van der Waals surface area contributed by atoms with Gasteiger partial charge in [0.2, 0.25) is 0 Å². The molecule has 0 saturated carbocycles. The lowest BCUT2D eigenvalue weighted by Crippen LogP contribution is -2.21. The fraction of sp³-hybridized carbons (Fsp3) is 0.667. The summed E-state index contributed by atoms with van der Waals surface area (Å²) >= 11 is 0. The second-order valence-electron chi connectivity index (χ2n) is 3.38. The van der Waals surface area contributed by atoms with Crippen LogP contribution in [0.4, 0.5) is 0 Å². The summed E-state index contributed by atoms with van der Waals surface area (Å²) in [5.41, 5.74) is 0.742. The molecule has 68 valence electrons. The molecule has 1 rings (SSSR count). The zero-order valence-corrected chi connectivity index (χ0v) is 8.05. The van der Waals surface area contributed by atoms with Gasteiger partial charge >= 0.3 is 0 Å². The SMILES string of the molecule is CC1=C(OC(C)C)CN(C)C1=O. The van der Waals surface area contributed by atoms with Gasteiger partial charge in [-0.15, -0.1) is 0 Å². The van der Waals surface area contributed by atoms with Crippen molar-refractivity contribution in [3.63, 3.8) is 0 Å². The Balaban J connectivity index is 2.71. The summed E-state index contributed by atoms with van der Waals surface area (Å²) in [7, 11) is 1.78. The molecule has 0 spiro atoms. The molecule has 0 radical (unpaired) electrons. The van der Waals surface area contributed by atoms with E-state index in [1.165, 1.54) is 0 Å². The van der Waals surface area contributed by atoms with Gasteiger partial charge in [0.05, 0.1) is 18.2 Å². The molecular formula is C9H15NO2. The smallest absolute Gasteiger partial charge is 0.253 e. The minimum absolute atomic E-state index is 0.0747. The van der Waals surface area contributed by atoms with Gasteiger partial charge in [-0.25, -0.2) is 0 Å². The number of nitrogens with zero attached hydrogens (tertiary/aromatic N) is 1. The summed E-state index contributed by atoms with van der Waals surface area (Å²) in [5, 5.41) is 0. The summed E-state index contributed by atoms with van der Waals surface area (Å²) in [6.07, 6.45) is 0.147. The van der Waals surface area contributed by atoms with Crippen LogP contribution in [0.15, 0.2) is 11.3 Å². The number of likely N-dealkylation sites (N-methyl/N-ethyl adjacent to an activating group) is 1. The van der Waals surface area contributed by atoms with Crippen molar-refractivity contribution >= 4 is 5.91 Å². The molecule has 0 unspecified atom stereocenters. The Bertz CT molecular complexity index is 231. The highest BCUT2D eigenvalue weighted by Crippen LogP contribution is 2.18. The van der Waals surface area contributed by atoms with Crippen LogP contribution in [0, 0.1) is 0 Å². The van der Waals surface area contributed by atoms with Crippen LogP contribution in [0.5, 0.6) is 0 Å². The Labute approximate surface area is 73.0 Å². The van der Waals surface area contributed by atoms with Crippen LogP contribution in [-0.2, 0) is 9.53 Å². The third-order valence-corrected chi connectivity index (χ3v) is 1.84. The fourth-order valence-corrected chi connectivity index (χ4v) is 1.22. The van der Waals surface area contributed by atoms with E-state index in [0.717, 1.165) is 11.3 Å². The van der Waals surface area contributed by atoms with Crippen molar-refractivity contribution in [3.8, 4) is 0 Å². The number of amides is 1. The molecule has 0 aliphatic carbocycles. The van der Waals surface area contributed by atoms with Crippen molar-refractivity contribution in [1.29, 1.82) is 0 Å². The van der Waals surface area contributed by atoms with Gasteiger partial charge in [0.25, 0.3) is 5.91 Å². The van der Waals surface area contributed by atoms with Gasteiger partial charge in [-0.3, -0.25) is 4.79 Å². The van der Waals surface area contributed by atoms with Gasteiger partial charge in [-0.2, -0.15) is 0 Å². The number of ether oxygens (including phenoxy) is 1. The van der Waals surface area contributed by atoms with Gasteiger partial charge in [0.1, 0.15) is 5.76 Å². The van der Waals surface area contributed by atoms with E-state index in [1.807, 2.05) is 20.8 Å². The lowest BCUT2D eigenvalue weighted by atomic mass is 10.3. The number of carbonyl (C=O) groups excluding carboxylic acids is 1.